The molecule has 0 saturated carbocycles. The first-order valence-electron chi connectivity index (χ1n) is 4.78. The molecular formula is C9H17N3O2S. The summed E-state index contributed by atoms with van der Waals surface area (Å²) in [4.78, 5) is 2.87. The third-order valence-electron chi connectivity index (χ3n) is 2.23. The molecule has 0 radical (unpaired) electrons. The smallest absolute Gasteiger partial charge is 0.279 e. The number of hydrogen-bond donors (Lipinski definition) is 2. The molecule has 5 nitrogen and oxygen atoms in total. The summed E-state index contributed by atoms with van der Waals surface area (Å²) < 4.78 is 27.2. The lowest BCUT2D eigenvalue weighted by atomic mass is 10.4. The van der Waals surface area contributed by atoms with Crippen molar-refractivity contribution in [2.75, 3.05) is 7.05 Å². The highest BCUT2D eigenvalue weighted by atomic mass is 32.2. The molecule has 0 unspecified atom stereocenters. The third-order valence-corrected chi connectivity index (χ3v) is 3.92. The second-order valence-electron chi connectivity index (χ2n) is 3.66. The van der Waals surface area contributed by atoms with Gasteiger partial charge in [-0.25, -0.2) is 0 Å². The van der Waals surface area contributed by atoms with Gasteiger partial charge in [-0.3, -0.25) is 0 Å². The second kappa shape index (κ2) is 4.78. The predicted molar refractivity (Wildman–Crippen MR) is 59.5 cm³/mol. The van der Waals surface area contributed by atoms with Crippen LogP contribution >= 0.6 is 0 Å². The van der Waals surface area contributed by atoms with Crippen molar-refractivity contribution in [1.82, 2.24) is 14.0 Å². The van der Waals surface area contributed by atoms with Crippen LogP contribution in [0.5, 0.6) is 0 Å². The van der Waals surface area contributed by atoms with Crippen molar-refractivity contribution in [2.45, 2.75) is 26.4 Å². The number of aromatic nitrogens is 1. The molecule has 0 bridgehead atoms. The molecule has 0 aliphatic heterocycles. The maximum atomic E-state index is 11.7. The van der Waals surface area contributed by atoms with Gasteiger partial charge in [0.25, 0.3) is 10.2 Å². The Morgan fingerprint density at radius 2 is 2.20 bits per heavy atom. The van der Waals surface area contributed by atoms with Gasteiger partial charge in [-0.15, -0.1) is 0 Å². The van der Waals surface area contributed by atoms with Crippen LogP contribution in [0, 0.1) is 0 Å². The van der Waals surface area contributed by atoms with Gasteiger partial charge in [0.1, 0.15) is 0 Å². The number of rotatable bonds is 5. The molecule has 0 amide bonds. The van der Waals surface area contributed by atoms with Gasteiger partial charge in [0.05, 0.1) is 0 Å². The quantitative estimate of drug-likeness (QED) is 0.783. The van der Waals surface area contributed by atoms with E-state index in [4.69, 9.17) is 0 Å². The van der Waals surface area contributed by atoms with Gasteiger partial charge in [0, 0.05) is 32.0 Å². The molecule has 1 aromatic heterocycles. The average molecular weight is 231 g/mol. The van der Waals surface area contributed by atoms with Gasteiger partial charge in [-0.1, -0.05) is 0 Å². The van der Waals surface area contributed by atoms with Crippen molar-refractivity contribution >= 4 is 10.2 Å². The van der Waals surface area contributed by atoms with E-state index in [1.54, 1.807) is 19.4 Å². The third kappa shape index (κ3) is 3.33. The van der Waals surface area contributed by atoms with E-state index in [2.05, 4.69) is 9.71 Å². The molecule has 1 aromatic rings. The monoisotopic (exact) mass is 231 g/mol. The van der Waals surface area contributed by atoms with E-state index in [-0.39, 0.29) is 6.04 Å². The molecule has 86 valence electrons. The van der Waals surface area contributed by atoms with Gasteiger partial charge in [-0.05, 0) is 25.5 Å². The van der Waals surface area contributed by atoms with Crippen LogP contribution in [0.15, 0.2) is 18.5 Å². The number of H-pyrrole nitrogens is 1. The largest absolute Gasteiger partial charge is 0.367 e. The molecule has 0 aliphatic carbocycles. The summed E-state index contributed by atoms with van der Waals surface area (Å²) in [5.74, 6) is 0. The molecule has 1 rings (SSSR count). The van der Waals surface area contributed by atoms with E-state index < -0.39 is 10.2 Å². The Bertz CT molecular complexity index is 383. The first-order valence-corrected chi connectivity index (χ1v) is 6.22. The lowest BCUT2D eigenvalue weighted by molar-refractivity contribution is 0.402. The van der Waals surface area contributed by atoms with Gasteiger partial charge in [0.15, 0.2) is 0 Å². The van der Waals surface area contributed by atoms with Gasteiger partial charge in [-0.2, -0.15) is 17.4 Å². The fourth-order valence-corrected chi connectivity index (χ4v) is 2.13. The molecular weight excluding hydrogens is 214 g/mol. The minimum absolute atomic E-state index is 0.0475. The van der Waals surface area contributed by atoms with Crippen molar-refractivity contribution in [1.29, 1.82) is 0 Å². The first kappa shape index (κ1) is 12.2. The molecule has 15 heavy (non-hydrogen) atoms. The second-order valence-corrected chi connectivity index (χ2v) is 5.47. The minimum Gasteiger partial charge on any atom is -0.367 e. The Kier molecular flexibility index (Phi) is 3.90. The van der Waals surface area contributed by atoms with E-state index >= 15 is 0 Å². The highest BCUT2D eigenvalue weighted by Crippen LogP contribution is 2.03. The summed E-state index contributed by atoms with van der Waals surface area (Å²) in [6, 6.07) is 1.78. The summed E-state index contributed by atoms with van der Waals surface area (Å²) >= 11 is 0. The number of aromatic amines is 1. The highest BCUT2D eigenvalue weighted by Gasteiger charge is 2.19. The number of nitrogens with zero attached hydrogens (tertiary/aromatic N) is 1. The fourth-order valence-electron chi connectivity index (χ4n) is 1.02. The zero-order chi connectivity index (χ0) is 11.5. The maximum Gasteiger partial charge on any atom is 0.279 e. The van der Waals surface area contributed by atoms with Crippen LogP contribution in [0.2, 0.25) is 0 Å². The summed E-state index contributed by atoms with van der Waals surface area (Å²) in [6.07, 6.45) is 3.52. The van der Waals surface area contributed by atoms with Crippen LogP contribution in [0.3, 0.4) is 0 Å². The standard InChI is InChI=1S/C9H17N3O2S/c1-8(2)12(3)15(13,14)11-7-9-4-5-10-6-9/h4-6,8,10-11H,7H2,1-3H3. The Morgan fingerprint density at radius 1 is 1.53 bits per heavy atom. The normalized spacial score (nSPS) is 12.6. The molecule has 2 N–H and O–H groups in total. The van der Waals surface area contributed by atoms with E-state index in [9.17, 15) is 8.42 Å². The van der Waals surface area contributed by atoms with Gasteiger partial charge in [0.2, 0.25) is 0 Å². The lowest BCUT2D eigenvalue weighted by Gasteiger charge is -2.20. The summed E-state index contributed by atoms with van der Waals surface area (Å²) in [6.45, 7) is 3.97. The Morgan fingerprint density at radius 3 is 2.67 bits per heavy atom. The number of nitrogens with one attached hydrogen (secondary N) is 2. The summed E-state index contributed by atoms with van der Waals surface area (Å²) in [5, 5.41) is 0. The van der Waals surface area contributed by atoms with Crippen LogP contribution in [-0.2, 0) is 16.8 Å². The zero-order valence-corrected chi connectivity index (χ0v) is 10.0. The minimum atomic E-state index is -3.37. The van der Waals surface area contributed by atoms with Crippen molar-refractivity contribution in [2.24, 2.45) is 0 Å². The van der Waals surface area contributed by atoms with Crippen molar-refractivity contribution in [3.05, 3.63) is 24.0 Å². The maximum absolute atomic E-state index is 11.7. The Balaban J connectivity index is 2.58. The summed E-state index contributed by atoms with van der Waals surface area (Å²) in [7, 11) is -1.81. The van der Waals surface area contributed by atoms with E-state index in [0.29, 0.717) is 6.54 Å². The zero-order valence-electron chi connectivity index (χ0n) is 9.19. The SMILES string of the molecule is CC(C)N(C)S(=O)(=O)NCc1cc[nH]c1. The van der Waals surface area contributed by atoms with E-state index in [0.717, 1.165) is 5.56 Å². The van der Waals surface area contributed by atoms with Crippen LogP contribution in [0.1, 0.15) is 19.4 Å². The molecule has 6 heteroatoms. The fraction of sp³-hybridized carbons (Fsp3) is 0.556. The van der Waals surface area contributed by atoms with Crippen molar-refractivity contribution < 1.29 is 8.42 Å². The molecule has 0 spiro atoms. The van der Waals surface area contributed by atoms with Crippen LogP contribution in [0.25, 0.3) is 0 Å². The number of hydrogen-bond acceptors (Lipinski definition) is 2. The average Bonchev–Trinajstić information content (AvgIpc) is 2.66. The molecule has 0 aliphatic rings. The van der Waals surface area contributed by atoms with Crippen molar-refractivity contribution in [3.8, 4) is 0 Å². The van der Waals surface area contributed by atoms with E-state index in [1.165, 1.54) is 4.31 Å². The molecule has 0 aromatic carbocycles. The van der Waals surface area contributed by atoms with Crippen molar-refractivity contribution in [3.63, 3.8) is 0 Å². The molecule has 0 fully saturated rings. The first-order chi connectivity index (χ1) is 6.93. The lowest BCUT2D eigenvalue weighted by Crippen LogP contribution is -2.41. The Labute approximate surface area is 90.7 Å². The van der Waals surface area contributed by atoms with E-state index in [1.807, 2.05) is 19.9 Å². The van der Waals surface area contributed by atoms with Gasteiger partial charge >= 0.3 is 0 Å². The molecule has 1 heterocycles. The molecule has 0 saturated heterocycles. The van der Waals surface area contributed by atoms with Gasteiger partial charge < -0.3 is 4.98 Å². The summed E-state index contributed by atoms with van der Waals surface area (Å²) in [5.41, 5.74) is 0.913. The van der Waals surface area contributed by atoms with Crippen LogP contribution in [-0.4, -0.2) is 30.8 Å². The predicted octanol–water partition coefficient (Wildman–Crippen LogP) is 0.689. The highest BCUT2D eigenvalue weighted by molar-refractivity contribution is 7.87. The Hall–Kier alpha value is -0.850. The van der Waals surface area contributed by atoms with Crippen LogP contribution < -0.4 is 4.72 Å². The molecule has 0 atom stereocenters. The van der Waals surface area contributed by atoms with Crippen LogP contribution in [0.4, 0.5) is 0 Å². The topological polar surface area (TPSA) is 65.2 Å².